The molecule has 0 unspecified atom stereocenters. The van der Waals surface area contributed by atoms with Crippen molar-refractivity contribution in [1.29, 1.82) is 0 Å². The summed E-state index contributed by atoms with van der Waals surface area (Å²) in [6, 6.07) is 10.7. The summed E-state index contributed by atoms with van der Waals surface area (Å²) in [5, 5.41) is 3.80. The summed E-state index contributed by atoms with van der Waals surface area (Å²) in [5.41, 5.74) is 1.23. The summed E-state index contributed by atoms with van der Waals surface area (Å²) in [7, 11) is 0. The van der Waals surface area contributed by atoms with Crippen LogP contribution in [0.25, 0.3) is 0 Å². The van der Waals surface area contributed by atoms with Crippen LogP contribution in [0, 0.1) is 5.82 Å². The summed E-state index contributed by atoms with van der Waals surface area (Å²) in [6.45, 7) is 3.92. The molecule has 0 aliphatic carbocycles. The Hall–Kier alpha value is -1.76. The zero-order valence-electron chi connectivity index (χ0n) is 16.3. The van der Waals surface area contributed by atoms with Gasteiger partial charge in [0.1, 0.15) is 11.9 Å². The molecule has 2 aromatic rings. The van der Waals surface area contributed by atoms with Crippen molar-refractivity contribution >= 4 is 46.8 Å². The highest BCUT2D eigenvalue weighted by molar-refractivity contribution is 7.99. The summed E-state index contributed by atoms with van der Waals surface area (Å²) in [6.07, 6.45) is 0. The van der Waals surface area contributed by atoms with Crippen molar-refractivity contribution in [2.45, 2.75) is 32.2 Å². The maximum atomic E-state index is 14.1. The van der Waals surface area contributed by atoms with Crippen LogP contribution in [0.2, 0.25) is 10.0 Å². The van der Waals surface area contributed by atoms with Crippen LogP contribution in [0.5, 0.6) is 0 Å². The highest BCUT2D eigenvalue weighted by Gasteiger charge is 2.26. The molecule has 8 heteroatoms. The first kappa shape index (κ1) is 23.5. The number of hydrogen-bond acceptors (Lipinski definition) is 3. The number of nitrogens with one attached hydrogen (secondary N) is 1. The lowest BCUT2D eigenvalue weighted by atomic mass is 10.1. The molecule has 0 fully saturated rings. The van der Waals surface area contributed by atoms with E-state index in [1.54, 1.807) is 44.2 Å². The third-order valence-corrected chi connectivity index (χ3v) is 5.87. The molecule has 29 heavy (non-hydrogen) atoms. The summed E-state index contributed by atoms with van der Waals surface area (Å²) in [5.74, 6) is -0.277. The van der Waals surface area contributed by atoms with Gasteiger partial charge in [0.15, 0.2) is 0 Å². The third-order valence-electron chi connectivity index (χ3n) is 4.32. The summed E-state index contributed by atoms with van der Waals surface area (Å²) in [4.78, 5) is 26.6. The minimum atomic E-state index is -0.721. The highest BCUT2D eigenvalue weighted by Crippen LogP contribution is 2.25. The molecule has 1 atom stereocenters. The Bertz CT molecular complexity index is 866. The van der Waals surface area contributed by atoms with Crippen molar-refractivity contribution in [1.82, 2.24) is 10.2 Å². The number of rotatable bonds is 9. The SMILES string of the molecule is CCNC(=O)[C@H](C)N(Cc1ccccc1F)C(=O)CSCc1ccc(Cl)cc1Cl. The number of hydrogen-bond donors (Lipinski definition) is 1. The average Bonchev–Trinajstić information content (AvgIpc) is 2.68. The first-order chi connectivity index (χ1) is 13.8. The van der Waals surface area contributed by atoms with E-state index in [9.17, 15) is 14.0 Å². The van der Waals surface area contributed by atoms with Crippen molar-refractivity contribution < 1.29 is 14.0 Å². The second-order valence-electron chi connectivity index (χ2n) is 6.41. The van der Waals surface area contributed by atoms with Crippen LogP contribution in [-0.4, -0.2) is 35.1 Å². The fraction of sp³-hybridized carbons (Fsp3) is 0.333. The van der Waals surface area contributed by atoms with Crippen molar-refractivity contribution in [3.63, 3.8) is 0 Å². The van der Waals surface area contributed by atoms with Gasteiger partial charge >= 0.3 is 0 Å². The Morgan fingerprint density at radius 1 is 1.17 bits per heavy atom. The van der Waals surface area contributed by atoms with E-state index < -0.39 is 11.9 Å². The summed E-state index contributed by atoms with van der Waals surface area (Å²) >= 11 is 13.4. The van der Waals surface area contributed by atoms with Crippen LogP contribution < -0.4 is 5.32 Å². The van der Waals surface area contributed by atoms with E-state index in [0.717, 1.165) is 5.56 Å². The van der Waals surface area contributed by atoms with Gasteiger partial charge < -0.3 is 10.2 Å². The molecule has 0 saturated carbocycles. The Morgan fingerprint density at radius 3 is 2.55 bits per heavy atom. The number of likely N-dealkylation sites (N-methyl/N-ethyl adjacent to an activating group) is 1. The van der Waals surface area contributed by atoms with E-state index in [0.29, 0.717) is 27.9 Å². The normalized spacial score (nSPS) is 11.8. The minimum absolute atomic E-state index is 0.0199. The number of amides is 2. The number of benzene rings is 2. The zero-order valence-corrected chi connectivity index (χ0v) is 18.6. The molecule has 4 nitrogen and oxygen atoms in total. The van der Waals surface area contributed by atoms with Gasteiger partial charge in [0, 0.05) is 34.5 Å². The molecule has 0 saturated heterocycles. The lowest BCUT2D eigenvalue weighted by molar-refractivity contribution is -0.138. The van der Waals surface area contributed by atoms with Gasteiger partial charge in [-0.2, -0.15) is 0 Å². The van der Waals surface area contributed by atoms with Gasteiger partial charge in [0.05, 0.1) is 5.75 Å². The van der Waals surface area contributed by atoms with Crippen LogP contribution in [0.3, 0.4) is 0 Å². The molecule has 2 amide bonds. The molecule has 0 aliphatic rings. The van der Waals surface area contributed by atoms with Crippen molar-refractivity contribution in [2.24, 2.45) is 0 Å². The van der Waals surface area contributed by atoms with Crippen LogP contribution in [0.15, 0.2) is 42.5 Å². The third kappa shape index (κ3) is 6.91. The quantitative estimate of drug-likeness (QED) is 0.582. The molecule has 156 valence electrons. The standard InChI is InChI=1S/C21H23Cl2FN2O2S/c1-3-25-21(28)14(2)26(11-15-6-4-5-7-19(15)24)20(27)13-29-12-16-8-9-17(22)10-18(16)23/h4-10,14H,3,11-13H2,1-2H3,(H,25,28)/t14-/m0/s1. The molecule has 0 bridgehead atoms. The monoisotopic (exact) mass is 456 g/mol. The minimum Gasteiger partial charge on any atom is -0.355 e. The molecular formula is C21H23Cl2FN2O2S. The Labute approximate surface area is 184 Å². The Balaban J connectivity index is 2.08. The van der Waals surface area contributed by atoms with Gasteiger partial charge in [-0.3, -0.25) is 9.59 Å². The molecular weight excluding hydrogens is 434 g/mol. The topological polar surface area (TPSA) is 49.4 Å². The van der Waals surface area contributed by atoms with Gasteiger partial charge in [0.25, 0.3) is 0 Å². The highest BCUT2D eigenvalue weighted by atomic mass is 35.5. The fourth-order valence-corrected chi connectivity index (χ4v) is 4.15. The first-order valence-electron chi connectivity index (χ1n) is 9.15. The molecule has 0 aliphatic heterocycles. The molecule has 1 N–H and O–H groups in total. The fourth-order valence-electron chi connectivity index (χ4n) is 2.68. The van der Waals surface area contributed by atoms with Gasteiger partial charge in [-0.05, 0) is 37.6 Å². The van der Waals surface area contributed by atoms with E-state index in [1.165, 1.54) is 22.7 Å². The second-order valence-corrected chi connectivity index (χ2v) is 8.24. The molecule has 2 rings (SSSR count). The maximum absolute atomic E-state index is 14.1. The largest absolute Gasteiger partial charge is 0.355 e. The summed E-state index contributed by atoms with van der Waals surface area (Å²) < 4.78 is 14.1. The second kappa shape index (κ2) is 11.4. The smallest absolute Gasteiger partial charge is 0.242 e. The van der Waals surface area contributed by atoms with Gasteiger partial charge in [-0.1, -0.05) is 47.5 Å². The molecule has 0 aromatic heterocycles. The van der Waals surface area contributed by atoms with Crippen molar-refractivity contribution in [2.75, 3.05) is 12.3 Å². The van der Waals surface area contributed by atoms with Crippen LogP contribution >= 0.6 is 35.0 Å². The predicted octanol–water partition coefficient (Wildman–Crippen LogP) is 4.92. The van der Waals surface area contributed by atoms with Crippen LogP contribution in [0.4, 0.5) is 4.39 Å². The molecule has 0 radical (unpaired) electrons. The van der Waals surface area contributed by atoms with Crippen molar-refractivity contribution in [3.05, 3.63) is 69.5 Å². The number of nitrogens with zero attached hydrogens (tertiary/aromatic N) is 1. The number of thioether (sulfide) groups is 1. The van der Waals surface area contributed by atoms with E-state index in [4.69, 9.17) is 23.2 Å². The predicted molar refractivity (Wildman–Crippen MR) is 118 cm³/mol. The van der Waals surface area contributed by atoms with Crippen LogP contribution in [-0.2, 0) is 21.9 Å². The maximum Gasteiger partial charge on any atom is 0.242 e. The Morgan fingerprint density at radius 2 is 1.90 bits per heavy atom. The van der Waals surface area contributed by atoms with E-state index in [-0.39, 0.29) is 24.1 Å². The first-order valence-corrected chi connectivity index (χ1v) is 11.1. The Kier molecular flexibility index (Phi) is 9.27. The van der Waals surface area contributed by atoms with E-state index in [2.05, 4.69) is 5.32 Å². The van der Waals surface area contributed by atoms with E-state index >= 15 is 0 Å². The molecule has 0 spiro atoms. The van der Waals surface area contributed by atoms with Crippen LogP contribution in [0.1, 0.15) is 25.0 Å². The average molecular weight is 457 g/mol. The van der Waals surface area contributed by atoms with Gasteiger partial charge in [0.2, 0.25) is 11.8 Å². The lowest BCUT2D eigenvalue weighted by Gasteiger charge is -2.28. The van der Waals surface area contributed by atoms with Gasteiger partial charge in [-0.15, -0.1) is 11.8 Å². The van der Waals surface area contributed by atoms with Gasteiger partial charge in [-0.25, -0.2) is 4.39 Å². The number of carbonyl (C=O) groups is 2. The number of carbonyl (C=O) groups excluding carboxylic acids is 2. The zero-order chi connectivity index (χ0) is 21.4. The lowest BCUT2D eigenvalue weighted by Crippen LogP contribution is -2.48. The molecule has 2 aromatic carbocycles. The van der Waals surface area contributed by atoms with E-state index in [1.807, 2.05) is 6.07 Å². The van der Waals surface area contributed by atoms with Crippen molar-refractivity contribution in [3.8, 4) is 0 Å². The molecule has 0 heterocycles. The number of halogens is 3.